The first kappa shape index (κ1) is 23.0. The monoisotopic (exact) mass is 438 g/mol. The number of carbonyl (C=O) groups is 1. The highest BCUT2D eigenvalue weighted by Gasteiger charge is 2.31. The van der Waals surface area contributed by atoms with E-state index in [2.05, 4.69) is 38.2 Å². The van der Waals surface area contributed by atoms with Crippen LogP contribution in [0.2, 0.25) is 0 Å². The van der Waals surface area contributed by atoms with Gasteiger partial charge in [-0.05, 0) is 74.1 Å². The van der Waals surface area contributed by atoms with E-state index in [1.807, 2.05) is 18.2 Å². The molecule has 2 N–H and O–H groups in total. The number of aliphatic carboxylic acids is 1. The summed E-state index contributed by atoms with van der Waals surface area (Å²) in [5.74, 6) is 0.737. The van der Waals surface area contributed by atoms with Gasteiger partial charge in [0.2, 0.25) is 0 Å². The summed E-state index contributed by atoms with van der Waals surface area (Å²) in [5, 5.41) is 14.0. The van der Waals surface area contributed by atoms with Crippen molar-refractivity contribution < 1.29 is 14.6 Å². The van der Waals surface area contributed by atoms with E-state index in [1.165, 1.54) is 12.8 Å². The van der Waals surface area contributed by atoms with Gasteiger partial charge in [0.05, 0.1) is 23.2 Å². The average Bonchev–Trinajstić information content (AvgIpc) is 2.77. The van der Waals surface area contributed by atoms with Crippen molar-refractivity contribution in [2.75, 3.05) is 0 Å². The second kappa shape index (κ2) is 9.78. The van der Waals surface area contributed by atoms with Crippen molar-refractivity contribution in [1.29, 1.82) is 0 Å². The molecule has 4 rings (SSSR count). The highest BCUT2D eigenvalue weighted by molar-refractivity contribution is 5.80. The molecule has 1 aromatic heterocycles. The maximum atomic E-state index is 11.5. The van der Waals surface area contributed by atoms with Crippen LogP contribution in [0, 0.1) is 17.3 Å². The fraction of sp³-hybridized carbons (Fsp3) is 0.630. The van der Waals surface area contributed by atoms with Gasteiger partial charge in [-0.1, -0.05) is 39.7 Å². The summed E-state index contributed by atoms with van der Waals surface area (Å²) >= 11 is 0. The zero-order valence-electron chi connectivity index (χ0n) is 19.8. The smallest absolute Gasteiger partial charge is 0.308 e. The van der Waals surface area contributed by atoms with Gasteiger partial charge in [-0.25, -0.2) is 0 Å². The Kier molecular flexibility index (Phi) is 7.04. The largest absolute Gasteiger partial charge is 0.490 e. The van der Waals surface area contributed by atoms with Gasteiger partial charge in [-0.3, -0.25) is 9.78 Å². The van der Waals surface area contributed by atoms with Crippen molar-refractivity contribution in [1.82, 2.24) is 10.3 Å². The molecule has 5 heteroatoms. The van der Waals surface area contributed by atoms with Crippen molar-refractivity contribution >= 4 is 16.9 Å². The molecule has 1 heterocycles. The summed E-state index contributed by atoms with van der Waals surface area (Å²) < 4.78 is 6.32. The molecule has 0 bridgehead atoms. The molecule has 1 aromatic carbocycles. The molecular weight excluding hydrogens is 400 g/mol. The summed E-state index contributed by atoms with van der Waals surface area (Å²) in [6, 6.07) is 10.3. The van der Waals surface area contributed by atoms with Gasteiger partial charge in [-0.15, -0.1) is 0 Å². The van der Waals surface area contributed by atoms with Gasteiger partial charge in [-0.2, -0.15) is 0 Å². The first-order valence-corrected chi connectivity index (χ1v) is 12.3. The number of nitrogens with one attached hydrogen (secondary N) is 1. The topological polar surface area (TPSA) is 71.5 Å². The third-order valence-corrected chi connectivity index (χ3v) is 7.55. The van der Waals surface area contributed by atoms with Crippen LogP contribution < -0.4 is 10.1 Å². The van der Waals surface area contributed by atoms with Crippen LogP contribution in [0.4, 0.5) is 0 Å². The minimum absolute atomic E-state index is 0.0305. The van der Waals surface area contributed by atoms with Crippen molar-refractivity contribution in [3.8, 4) is 5.75 Å². The summed E-state index contributed by atoms with van der Waals surface area (Å²) in [6.45, 7) is 7.63. The fourth-order valence-corrected chi connectivity index (χ4v) is 5.46. The predicted molar refractivity (Wildman–Crippen MR) is 128 cm³/mol. The van der Waals surface area contributed by atoms with Gasteiger partial charge in [0.15, 0.2) is 0 Å². The summed E-state index contributed by atoms with van der Waals surface area (Å²) in [7, 11) is 0. The van der Waals surface area contributed by atoms with E-state index in [0.717, 1.165) is 66.8 Å². The Morgan fingerprint density at radius 2 is 1.81 bits per heavy atom. The summed E-state index contributed by atoms with van der Waals surface area (Å²) in [5.41, 5.74) is 2.28. The molecule has 2 aliphatic carbocycles. The number of hydrogen-bond donors (Lipinski definition) is 2. The van der Waals surface area contributed by atoms with E-state index < -0.39 is 5.97 Å². The molecule has 2 saturated carbocycles. The average molecular weight is 439 g/mol. The molecular formula is C27H38N2O3. The molecule has 32 heavy (non-hydrogen) atoms. The zero-order chi connectivity index (χ0) is 22.7. The molecule has 5 nitrogen and oxygen atoms in total. The number of rotatable bonds is 6. The van der Waals surface area contributed by atoms with Crippen molar-refractivity contribution in [2.24, 2.45) is 17.3 Å². The van der Waals surface area contributed by atoms with Gasteiger partial charge >= 0.3 is 5.97 Å². The molecule has 0 spiro atoms. The van der Waals surface area contributed by atoms with Crippen LogP contribution in [-0.2, 0) is 11.3 Å². The van der Waals surface area contributed by atoms with Crippen LogP contribution in [0.25, 0.3) is 10.9 Å². The van der Waals surface area contributed by atoms with Crippen LogP contribution in [0.5, 0.6) is 5.75 Å². The lowest BCUT2D eigenvalue weighted by Crippen LogP contribution is -2.42. The van der Waals surface area contributed by atoms with E-state index in [9.17, 15) is 9.90 Å². The maximum absolute atomic E-state index is 11.5. The molecule has 0 amide bonds. The molecule has 2 aromatic rings. The molecule has 174 valence electrons. The molecule has 2 atom stereocenters. The Balaban J connectivity index is 1.35. The van der Waals surface area contributed by atoms with Gasteiger partial charge < -0.3 is 15.2 Å². The Morgan fingerprint density at radius 1 is 1.06 bits per heavy atom. The van der Waals surface area contributed by atoms with E-state index in [4.69, 9.17) is 9.72 Å². The second-order valence-electron chi connectivity index (χ2n) is 10.8. The van der Waals surface area contributed by atoms with Crippen molar-refractivity contribution in [2.45, 2.75) is 90.8 Å². The number of ether oxygens (including phenoxy) is 1. The van der Waals surface area contributed by atoms with Gasteiger partial charge in [0.25, 0.3) is 0 Å². The third kappa shape index (κ3) is 5.61. The molecule has 0 unspecified atom stereocenters. The number of aromatic nitrogens is 1. The Labute approximate surface area is 192 Å². The van der Waals surface area contributed by atoms with Crippen LogP contribution in [0.1, 0.15) is 77.8 Å². The minimum atomic E-state index is -0.687. The van der Waals surface area contributed by atoms with Crippen molar-refractivity contribution in [3.05, 3.63) is 36.0 Å². The molecule has 0 saturated heterocycles. The quantitative estimate of drug-likeness (QED) is 0.583. The lowest BCUT2D eigenvalue weighted by molar-refractivity contribution is -0.143. The lowest BCUT2D eigenvalue weighted by atomic mass is 9.72. The number of carboxylic acids is 1. The van der Waals surface area contributed by atoms with E-state index in [0.29, 0.717) is 18.1 Å². The van der Waals surface area contributed by atoms with Crippen LogP contribution in [-0.4, -0.2) is 28.2 Å². The van der Waals surface area contributed by atoms with E-state index >= 15 is 0 Å². The van der Waals surface area contributed by atoms with Crippen molar-refractivity contribution in [3.63, 3.8) is 0 Å². The predicted octanol–water partition coefficient (Wildman–Crippen LogP) is 5.95. The molecule has 0 aliphatic heterocycles. The zero-order valence-corrected chi connectivity index (χ0v) is 19.8. The first-order chi connectivity index (χ1) is 15.3. The fourth-order valence-electron chi connectivity index (χ4n) is 5.46. The van der Waals surface area contributed by atoms with Crippen LogP contribution >= 0.6 is 0 Å². The molecule has 2 fully saturated rings. The van der Waals surface area contributed by atoms with Gasteiger partial charge in [0.1, 0.15) is 5.75 Å². The Hall–Kier alpha value is -2.14. The highest BCUT2D eigenvalue weighted by atomic mass is 16.5. The maximum Gasteiger partial charge on any atom is 0.308 e. The summed E-state index contributed by atoms with van der Waals surface area (Å²) in [4.78, 5) is 16.3. The normalized spacial score (nSPS) is 26.7. The van der Waals surface area contributed by atoms with E-state index in [-0.39, 0.29) is 12.0 Å². The number of nitrogens with zero attached hydrogens (tertiary/aromatic N) is 1. The Bertz CT molecular complexity index is 928. The molecule has 0 radical (unpaired) electrons. The standard InChI is InChI=1S/C27H38N2O3/c1-27(2,3)19-9-12-21(13-10-19)32-22-14-15-24-18(16-22)8-11-20(29-24)17-28-25-7-5-4-6-23(25)26(30)31/h8,11,14-16,19,21,23,25,28H,4-7,9-10,12-13,17H2,1-3H3,(H,30,31)/t19-,21-,23-,25+/m0/s1. The second-order valence-corrected chi connectivity index (χ2v) is 10.8. The van der Waals surface area contributed by atoms with E-state index in [1.54, 1.807) is 0 Å². The van der Waals surface area contributed by atoms with Crippen LogP contribution in [0.3, 0.4) is 0 Å². The Morgan fingerprint density at radius 3 is 2.53 bits per heavy atom. The summed E-state index contributed by atoms with van der Waals surface area (Å²) in [6.07, 6.45) is 8.82. The third-order valence-electron chi connectivity index (χ3n) is 7.55. The SMILES string of the molecule is CC(C)(C)[C@H]1CC[C@H](Oc2ccc3nc(CN[C@@H]4CCCC[C@@H]4C(=O)O)ccc3c2)CC1. The number of carboxylic acid groups (broad SMARTS) is 1. The minimum Gasteiger partial charge on any atom is -0.490 e. The lowest BCUT2D eigenvalue weighted by Gasteiger charge is -2.36. The number of pyridine rings is 1. The first-order valence-electron chi connectivity index (χ1n) is 12.3. The number of fused-ring (bicyclic) bond motifs is 1. The highest BCUT2D eigenvalue weighted by Crippen LogP contribution is 2.39. The number of benzene rings is 1. The number of hydrogen-bond acceptors (Lipinski definition) is 4. The van der Waals surface area contributed by atoms with Crippen LogP contribution in [0.15, 0.2) is 30.3 Å². The molecule has 2 aliphatic rings. The van der Waals surface area contributed by atoms with Gasteiger partial charge in [0, 0.05) is 18.0 Å².